The SMILES string of the molecule is CC[C@H](Sc1ncc(-c2ccccc2)nn1)C(=O)c1cccc([N+](=O)[O-])c1. The summed E-state index contributed by atoms with van der Waals surface area (Å²) < 4.78 is 0. The third-order valence-electron chi connectivity index (χ3n) is 3.86. The number of aromatic nitrogens is 3. The molecule has 0 N–H and O–H groups in total. The second-order valence-corrected chi connectivity index (χ2v) is 6.85. The van der Waals surface area contributed by atoms with Gasteiger partial charge < -0.3 is 0 Å². The molecule has 0 bridgehead atoms. The topological polar surface area (TPSA) is 98.9 Å². The molecular weight excluding hydrogens is 364 g/mol. The van der Waals surface area contributed by atoms with Gasteiger partial charge in [0.2, 0.25) is 5.16 Å². The van der Waals surface area contributed by atoms with E-state index in [1.54, 1.807) is 12.3 Å². The summed E-state index contributed by atoms with van der Waals surface area (Å²) in [6, 6.07) is 15.3. The lowest BCUT2D eigenvalue weighted by molar-refractivity contribution is -0.384. The second-order valence-electron chi connectivity index (χ2n) is 5.68. The lowest BCUT2D eigenvalue weighted by atomic mass is 10.1. The van der Waals surface area contributed by atoms with Gasteiger partial charge in [-0.3, -0.25) is 14.9 Å². The van der Waals surface area contributed by atoms with Crippen LogP contribution in [0.3, 0.4) is 0 Å². The number of rotatable bonds is 7. The quantitative estimate of drug-likeness (QED) is 0.262. The maximum Gasteiger partial charge on any atom is 0.270 e. The van der Waals surface area contributed by atoms with E-state index in [9.17, 15) is 14.9 Å². The van der Waals surface area contributed by atoms with Gasteiger partial charge in [0.1, 0.15) is 5.69 Å². The predicted molar refractivity (Wildman–Crippen MR) is 103 cm³/mol. The van der Waals surface area contributed by atoms with E-state index in [0.717, 1.165) is 5.56 Å². The summed E-state index contributed by atoms with van der Waals surface area (Å²) in [5, 5.41) is 19.1. The molecule has 0 fully saturated rings. The van der Waals surface area contributed by atoms with Crippen molar-refractivity contribution in [2.75, 3.05) is 0 Å². The van der Waals surface area contributed by atoms with Crippen molar-refractivity contribution in [3.05, 3.63) is 76.5 Å². The zero-order valence-corrected chi connectivity index (χ0v) is 15.3. The van der Waals surface area contributed by atoms with Crippen LogP contribution in [0.25, 0.3) is 11.3 Å². The molecule has 0 radical (unpaired) electrons. The van der Waals surface area contributed by atoms with Crippen LogP contribution < -0.4 is 0 Å². The number of nitro groups is 1. The first-order valence-corrected chi connectivity index (χ1v) is 9.17. The van der Waals surface area contributed by atoms with Crippen LogP contribution in [0, 0.1) is 10.1 Å². The van der Waals surface area contributed by atoms with Gasteiger partial charge in [0.15, 0.2) is 5.78 Å². The molecule has 0 unspecified atom stereocenters. The van der Waals surface area contributed by atoms with Crippen LogP contribution in [-0.4, -0.2) is 31.1 Å². The fourth-order valence-electron chi connectivity index (χ4n) is 2.47. The van der Waals surface area contributed by atoms with Crippen molar-refractivity contribution >= 4 is 23.2 Å². The summed E-state index contributed by atoms with van der Waals surface area (Å²) in [6.45, 7) is 1.87. The Bertz CT molecular complexity index is 949. The van der Waals surface area contributed by atoms with Crippen LogP contribution in [0.4, 0.5) is 5.69 Å². The highest BCUT2D eigenvalue weighted by atomic mass is 32.2. The molecule has 3 rings (SSSR count). The number of carbonyl (C=O) groups is 1. The normalized spacial score (nSPS) is 11.7. The first kappa shape index (κ1) is 18.7. The lowest BCUT2D eigenvalue weighted by Gasteiger charge is -2.12. The van der Waals surface area contributed by atoms with E-state index in [-0.39, 0.29) is 11.5 Å². The van der Waals surface area contributed by atoms with Crippen LogP contribution in [-0.2, 0) is 0 Å². The zero-order chi connectivity index (χ0) is 19.2. The predicted octanol–water partition coefficient (Wildman–Crippen LogP) is 4.20. The third kappa shape index (κ3) is 4.53. The minimum atomic E-state index is -0.514. The molecule has 1 aromatic heterocycles. The molecule has 0 spiro atoms. The maximum atomic E-state index is 12.7. The van der Waals surface area contributed by atoms with E-state index in [2.05, 4.69) is 15.2 Å². The number of ketones is 1. The monoisotopic (exact) mass is 380 g/mol. The number of thioether (sulfide) groups is 1. The maximum absolute atomic E-state index is 12.7. The summed E-state index contributed by atoms with van der Waals surface area (Å²) in [4.78, 5) is 27.4. The van der Waals surface area contributed by atoms with Crippen molar-refractivity contribution in [2.24, 2.45) is 0 Å². The van der Waals surface area contributed by atoms with Crippen LogP contribution >= 0.6 is 11.8 Å². The van der Waals surface area contributed by atoms with E-state index in [1.165, 1.54) is 30.0 Å². The Morgan fingerprint density at radius 3 is 2.56 bits per heavy atom. The van der Waals surface area contributed by atoms with Gasteiger partial charge in [0.25, 0.3) is 5.69 Å². The van der Waals surface area contributed by atoms with Gasteiger partial charge in [0.05, 0.1) is 16.4 Å². The average Bonchev–Trinajstić information content (AvgIpc) is 2.72. The number of carbonyl (C=O) groups excluding carboxylic acids is 1. The van der Waals surface area contributed by atoms with Crippen molar-refractivity contribution in [1.29, 1.82) is 0 Å². The highest BCUT2D eigenvalue weighted by molar-refractivity contribution is 8.00. The van der Waals surface area contributed by atoms with Crippen molar-refractivity contribution in [3.8, 4) is 11.3 Å². The second kappa shape index (κ2) is 8.50. The molecule has 0 saturated carbocycles. The van der Waals surface area contributed by atoms with Gasteiger partial charge in [-0.05, 0) is 6.42 Å². The van der Waals surface area contributed by atoms with Gasteiger partial charge >= 0.3 is 0 Å². The Hall–Kier alpha value is -3.13. The van der Waals surface area contributed by atoms with Crippen molar-refractivity contribution in [3.63, 3.8) is 0 Å². The first-order chi connectivity index (χ1) is 13.1. The summed E-state index contributed by atoms with van der Waals surface area (Å²) in [5.74, 6) is -0.193. The van der Waals surface area contributed by atoms with Crippen molar-refractivity contribution in [2.45, 2.75) is 23.8 Å². The van der Waals surface area contributed by atoms with Crippen LogP contribution in [0.5, 0.6) is 0 Å². The molecule has 3 aromatic rings. The fourth-order valence-corrected chi connectivity index (χ4v) is 3.33. The van der Waals surface area contributed by atoms with E-state index in [0.29, 0.717) is 22.8 Å². The van der Waals surface area contributed by atoms with Crippen molar-refractivity contribution < 1.29 is 9.72 Å². The number of hydrogen-bond donors (Lipinski definition) is 0. The van der Waals surface area contributed by atoms with Gasteiger partial charge in [-0.15, -0.1) is 10.2 Å². The Morgan fingerprint density at radius 2 is 1.93 bits per heavy atom. The molecule has 0 aliphatic heterocycles. The number of nitrogens with zero attached hydrogens (tertiary/aromatic N) is 4. The lowest BCUT2D eigenvalue weighted by Crippen LogP contribution is -2.17. The highest BCUT2D eigenvalue weighted by Gasteiger charge is 2.22. The van der Waals surface area contributed by atoms with Gasteiger partial charge in [-0.25, -0.2) is 4.98 Å². The molecule has 27 heavy (non-hydrogen) atoms. The summed E-state index contributed by atoms with van der Waals surface area (Å²) in [6.07, 6.45) is 2.16. The molecule has 2 aromatic carbocycles. The van der Waals surface area contributed by atoms with Crippen LogP contribution in [0.2, 0.25) is 0 Å². The third-order valence-corrected chi connectivity index (χ3v) is 5.09. The number of benzene rings is 2. The highest BCUT2D eigenvalue weighted by Crippen LogP contribution is 2.26. The summed E-state index contributed by atoms with van der Waals surface area (Å²) in [7, 11) is 0. The van der Waals surface area contributed by atoms with E-state index in [1.807, 2.05) is 37.3 Å². The average molecular weight is 380 g/mol. The zero-order valence-electron chi connectivity index (χ0n) is 14.5. The molecule has 8 heteroatoms. The minimum absolute atomic E-state index is 0.106. The van der Waals surface area contributed by atoms with Crippen molar-refractivity contribution in [1.82, 2.24) is 15.2 Å². The number of Topliss-reactive ketones (excluding diaryl/α,β-unsaturated/α-hetero) is 1. The molecule has 0 saturated heterocycles. The Labute approximate surface area is 160 Å². The summed E-state index contributed by atoms with van der Waals surface area (Å²) >= 11 is 1.21. The largest absolute Gasteiger partial charge is 0.293 e. The smallest absolute Gasteiger partial charge is 0.270 e. The number of hydrogen-bond acceptors (Lipinski definition) is 7. The van der Waals surface area contributed by atoms with Gasteiger partial charge in [-0.2, -0.15) is 0 Å². The number of non-ortho nitro benzene ring substituents is 1. The molecular formula is C19H16N4O3S. The van der Waals surface area contributed by atoms with Crippen LogP contribution in [0.1, 0.15) is 23.7 Å². The molecule has 0 aliphatic carbocycles. The molecule has 1 heterocycles. The Balaban J connectivity index is 1.76. The van der Waals surface area contributed by atoms with Gasteiger partial charge in [-0.1, -0.05) is 61.2 Å². The molecule has 7 nitrogen and oxygen atoms in total. The summed E-state index contributed by atoms with van der Waals surface area (Å²) in [5.41, 5.74) is 1.76. The molecule has 0 amide bonds. The first-order valence-electron chi connectivity index (χ1n) is 8.29. The Morgan fingerprint density at radius 1 is 1.15 bits per heavy atom. The standard InChI is InChI=1S/C19H16N4O3S/c1-2-17(18(24)14-9-6-10-15(11-14)23(25)26)27-19-20-12-16(21-22-19)13-7-4-3-5-8-13/h3-12,17H,2H2,1H3/t17-/m0/s1. The molecule has 0 aliphatic rings. The van der Waals surface area contributed by atoms with E-state index < -0.39 is 10.2 Å². The van der Waals surface area contributed by atoms with E-state index in [4.69, 9.17) is 0 Å². The van der Waals surface area contributed by atoms with E-state index >= 15 is 0 Å². The molecule has 136 valence electrons. The molecule has 1 atom stereocenters. The van der Waals surface area contributed by atoms with Crippen LogP contribution in [0.15, 0.2) is 66.0 Å². The number of nitro benzene ring substituents is 1. The van der Waals surface area contributed by atoms with Gasteiger partial charge in [0, 0.05) is 23.3 Å². The minimum Gasteiger partial charge on any atom is -0.293 e. The fraction of sp³-hybridized carbons (Fsp3) is 0.158. The Kier molecular flexibility index (Phi) is 5.87.